The van der Waals surface area contributed by atoms with E-state index in [1.54, 1.807) is 6.07 Å². The van der Waals surface area contributed by atoms with Gasteiger partial charge in [-0.05, 0) is 38.2 Å². The van der Waals surface area contributed by atoms with Crippen molar-refractivity contribution in [1.29, 1.82) is 0 Å². The molecule has 1 N–H and O–H groups in total. The third kappa shape index (κ3) is 5.10. The highest BCUT2D eigenvalue weighted by Crippen LogP contribution is 2.30. The molecule has 27 heavy (non-hydrogen) atoms. The molecule has 1 aliphatic heterocycles. The first-order chi connectivity index (χ1) is 13.0. The lowest BCUT2D eigenvalue weighted by atomic mass is 10.2. The molecule has 0 amide bonds. The van der Waals surface area contributed by atoms with E-state index in [1.807, 2.05) is 43.3 Å². The molecular formula is C20H26N4O3. The maximum Gasteiger partial charge on any atom is 0.292 e. The molecule has 1 saturated heterocycles. The summed E-state index contributed by atoms with van der Waals surface area (Å²) in [6.07, 6.45) is 0. The van der Waals surface area contributed by atoms with Gasteiger partial charge in [0.1, 0.15) is 18.0 Å². The van der Waals surface area contributed by atoms with Crippen molar-refractivity contribution in [2.24, 2.45) is 0 Å². The van der Waals surface area contributed by atoms with Gasteiger partial charge in [0, 0.05) is 44.5 Å². The summed E-state index contributed by atoms with van der Waals surface area (Å²) < 4.78 is 5.69. The first-order valence-electron chi connectivity index (χ1n) is 9.18. The summed E-state index contributed by atoms with van der Waals surface area (Å²) in [7, 11) is 2.11. The SMILES string of the molecule is Cc1ccc(OCCNc2cc(N3CCN(C)CC3)ccc2[N+](=O)[O-])cc1. The summed E-state index contributed by atoms with van der Waals surface area (Å²) in [4.78, 5) is 15.5. The smallest absolute Gasteiger partial charge is 0.292 e. The molecule has 144 valence electrons. The van der Waals surface area contributed by atoms with Crippen LogP contribution in [0.1, 0.15) is 5.56 Å². The van der Waals surface area contributed by atoms with Crippen LogP contribution in [0, 0.1) is 17.0 Å². The van der Waals surface area contributed by atoms with E-state index in [2.05, 4.69) is 22.2 Å². The van der Waals surface area contributed by atoms with Gasteiger partial charge in [0.2, 0.25) is 0 Å². The number of piperazine rings is 1. The van der Waals surface area contributed by atoms with Gasteiger partial charge in [0.25, 0.3) is 5.69 Å². The average Bonchev–Trinajstić information content (AvgIpc) is 2.67. The molecule has 0 spiro atoms. The van der Waals surface area contributed by atoms with Crippen LogP contribution in [0.2, 0.25) is 0 Å². The fraction of sp³-hybridized carbons (Fsp3) is 0.400. The number of benzene rings is 2. The molecule has 0 unspecified atom stereocenters. The summed E-state index contributed by atoms with van der Waals surface area (Å²) in [5.74, 6) is 0.795. The van der Waals surface area contributed by atoms with Crippen molar-refractivity contribution in [3.63, 3.8) is 0 Å². The molecule has 0 saturated carbocycles. The highest BCUT2D eigenvalue weighted by atomic mass is 16.6. The van der Waals surface area contributed by atoms with Gasteiger partial charge in [0.05, 0.1) is 4.92 Å². The number of hydrogen-bond acceptors (Lipinski definition) is 6. The number of likely N-dealkylation sites (N-methyl/N-ethyl adjacent to an activating group) is 1. The lowest BCUT2D eigenvalue weighted by Gasteiger charge is -2.34. The third-order valence-corrected chi connectivity index (χ3v) is 4.75. The summed E-state index contributed by atoms with van der Waals surface area (Å²) in [6, 6.07) is 13.1. The molecular weight excluding hydrogens is 344 g/mol. The zero-order valence-corrected chi connectivity index (χ0v) is 15.9. The molecule has 0 aromatic heterocycles. The Balaban J connectivity index is 1.62. The molecule has 0 radical (unpaired) electrons. The predicted octanol–water partition coefficient (Wildman–Crippen LogP) is 3.15. The molecule has 0 atom stereocenters. The number of anilines is 2. The van der Waals surface area contributed by atoms with Crippen molar-refractivity contribution in [2.75, 3.05) is 56.6 Å². The maximum atomic E-state index is 11.4. The number of nitro groups is 1. The Morgan fingerprint density at radius 3 is 2.48 bits per heavy atom. The quantitative estimate of drug-likeness (QED) is 0.459. The Morgan fingerprint density at radius 2 is 1.81 bits per heavy atom. The summed E-state index contributed by atoms with van der Waals surface area (Å²) >= 11 is 0. The van der Waals surface area contributed by atoms with E-state index >= 15 is 0 Å². The molecule has 1 fully saturated rings. The summed E-state index contributed by atoms with van der Waals surface area (Å²) in [5, 5.41) is 14.5. The van der Waals surface area contributed by atoms with E-state index < -0.39 is 0 Å². The second-order valence-corrected chi connectivity index (χ2v) is 6.84. The zero-order chi connectivity index (χ0) is 19.2. The molecule has 7 nitrogen and oxygen atoms in total. The Labute approximate surface area is 159 Å². The van der Waals surface area contributed by atoms with Crippen molar-refractivity contribution >= 4 is 17.1 Å². The molecule has 2 aromatic rings. The van der Waals surface area contributed by atoms with Crippen molar-refractivity contribution in [1.82, 2.24) is 4.90 Å². The zero-order valence-electron chi connectivity index (χ0n) is 15.9. The number of nitrogens with one attached hydrogen (secondary N) is 1. The van der Waals surface area contributed by atoms with Gasteiger partial charge < -0.3 is 19.9 Å². The first kappa shape index (κ1) is 19.0. The van der Waals surface area contributed by atoms with Crippen LogP contribution in [-0.2, 0) is 0 Å². The van der Waals surface area contributed by atoms with E-state index in [1.165, 1.54) is 5.56 Å². The second kappa shape index (κ2) is 8.73. The third-order valence-electron chi connectivity index (χ3n) is 4.75. The van der Waals surface area contributed by atoms with Gasteiger partial charge in [-0.2, -0.15) is 0 Å². The van der Waals surface area contributed by atoms with Gasteiger partial charge >= 0.3 is 0 Å². The van der Waals surface area contributed by atoms with Crippen molar-refractivity contribution in [3.05, 3.63) is 58.1 Å². The molecule has 7 heteroatoms. The normalized spacial score (nSPS) is 14.8. The second-order valence-electron chi connectivity index (χ2n) is 6.84. The molecule has 2 aromatic carbocycles. The van der Waals surface area contributed by atoms with E-state index in [9.17, 15) is 10.1 Å². The highest BCUT2D eigenvalue weighted by molar-refractivity contribution is 5.69. The van der Waals surface area contributed by atoms with Crippen LogP contribution >= 0.6 is 0 Å². The Bertz CT molecular complexity index is 771. The van der Waals surface area contributed by atoms with Crippen LogP contribution in [0.5, 0.6) is 5.75 Å². The van der Waals surface area contributed by atoms with Crippen LogP contribution in [0.3, 0.4) is 0 Å². The topological polar surface area (TPSA) is 70.9 Å². The van der Waals surface area contributed by atoms with Gasteiger partial charge in [-0.25, -0.2) is 0 Å². The van der Waals surface area contributed by atoms with Crippen LogP contribution in [0.15, 0.2) is 42.5 Å². The Morgan fingerprint density at radius 1 is 1.11 bits per heavy atom. The predicted molar refractivity (Wildman–Crippen MR) is 108 cm³/mol. The van der Waals surface area contributed by atoms with E-state index in [-0.39, 0.29) is 10.6 Å². The molecule has 3 rings (SSSR count). The van der Waals surface area contributed by atoms with E-state index in [4.69, 9.17) is 4.74 Å². The van der Waals surface area contributed by atoms with E-state index in [0.29, 0.717) is 18.8 Å². The molecule has 1 aliphatic rings. The number of hydrogen-bond donors (Lipinski definition) is 1. The van der Waals surface area contributed by atoms with Gasteiger partial charge in [0.15, 0.2) is 0 Å². The lowest BCUT2D eigenvalue weighted by molar-refractivity contribution is -0.383. The van der Waals surface area contributed by atoms with Crippen LogP contribution < -0.4 is 15.0 Å². The fourth-order valence-electron chi connectivity index (χ4n) is 3.08. The Kier molecular flexibility index (Phi) is 6.13. The lowest BCUT2D eigenvalue weighted by Crippen LogP contribution is -2.44. The standard InChI is InChI=1S/C20H26N4O3/c1-16-3-6-18(7-4-16)27-14-9-21-19-15-17(5-8-20(19)24(25)26)23-12-10-22(2)11-13-23/h3-8,15,21H,9-14H2,1-2H3. The monoisotopic (exact) mass is 370 g/mol. The Hall–Kier alpha value is -2.80. The van der Waals surface area contributed by atoms with Crippen molar-refractivity contribution in [3.8, 4) is 5.75 Å². The fourth-order valence-corrected chi connectivity index (χ4v) is 3.08. The maximum absolute atomic E-state index is 11.4. The summed E-state index contributed by atoms with van der Waals surface area (Å²) in [6.45, 7) is 6.76. The number of aryl methyl sites for hydroxylation is 1. The van der Waals surface area contributed by atoms with Crippen LogP contribution in [0.25, 0.3) is 0 Å². The van der Waals surface area contributed by atoms with Crippen LogP contribution in [0.4, 0.5) is 17.1 Å². The van der Waals surface area contributed by atoms with Gasteiger partial charge in [-0.1, -0.05) is 17.7 Å². The number of rotatable bonds is 7. The van der Waals surface area contributed by atoms with Crippen molar-refractivity contribution in [2.45, 2.75) is 6.92 Å². The average molecular weight is 370 g/mol. The minimum absolute atomic E-state index is 0.0863. The van der Waals surface area contributed by atoms with E-state index in [0.717, 1.165) is 37.6 Å². The number of ether oxygens (including phenoxy) is 1. The largest absolute Gasteiger partial charge is 0.492 e. The molecule has 0 bridgehead atoms. The minimum atomic E-state index is -0.350. The van der Waals surface area contributed by atoms with Crippen LogP contribution in [-0.4, -0.2) is 56.2 Å². The number of nitrogens with zero attached hydrogens (tertiary/aromatic N) is 3. The molecule has 1 heterocycles. The van der Waals surface area contributed by atoms with Gasteiger partial charge in [-0.15, -0.1) is 0 Å². The minimum Gasteiger partial charge on any atom is -0.492 e. The highest BCUT2D eigenvalue weighted by Gasteiger charge is 2.19. The van der Waals surface area contributed by atoms with Crippen molar-refractivity contribution < 1.29 is 9.66 Å². The molecule has 0 aliphatic carbocycles. The first-order valence-corrected chi connectivity index (χ1v) is 9.18. The number of nitro benzene ring substituents is 1. The summed E-state index contributed by atoms with van der Waals surface area (Å²) in [5.41, 5.74) is 2.81. The van der Waals surface area contributed by atoms with Gasteiger partial charge in [-0.3, -0.25) is 10.1 Å².